The van der Waals surface area contributed by atoms with Crippen molar-refractivity contribution in [2.24, 2.45) is 0 Å². The highest BCUT2D eigenvalue weighted by Gasteiger charge is 2.55. The van der Waals surface area contributed by atoms with Gasteiger partial charge < -0.3 is 10.1 Å². The van der Waals surface area contributed by atoms with Crippen LogP contribution < -0.4 is 5.32 Å². The normalized spacial score (nSPS) is 18.2. The lowest BCUT2D eigenvalue weighted by Gasteiger charge is -2.25. The molecule has 1 aliphatic heterocycles. The topological polar surface area (TPSA) is 55.4 Å². The highest BCUT2D eigenvalue weighted by atomic mass is 32.1. The standard InChI is InChI=1S/C23H17NO3S/c1-2-27-22(26)23(19-8-5-11-28-19)21(25)17-10-9-16-12-14-6-3-4-7-15(14)13-18(16)20(17)24-23/h3-13,24H,2H2,1H3/t23-/m1/s1. The van der Waals surface area contributed by atoms with Gasteiger partial charge >= 0.3 is 5.97 Å². The summed E-state index contributed by atoms with van der Waals surface area (Å²) >= 11 is 1.37. The Morgan fingerprint density at radius 1 is 1.04 bits per heavy atom. The monoisotopic (exact) mass is 387 g/mol. The zero-order chi connectivity index (χ0) is 19.3. The van der Waals surface area contributed by atoms with Crippen LogP contribution in [0.25, 0.3) is 21.5 Å². The second-order valence-electron chi connectivity index (χ2n) is 6.81. The van der Waals surface area contributed by atoms with E-state index in [4.69, 9.17) is 4.74 Å². The van der Waals surface area contributed by atoms with Crippen LogP contribution in [0.3, 0.4) is 0 Å². The smallest absolute Gasteiger partial charge is 0.345 e. The molecule has 1 aliphatic rings. The molecule has 138 valence electrons. The van der Waals surface area contributed by atoms with E-state index in [2.05, 4.69) is 23.5 Å². The van der Waals surface area contributed by atoms with Gasteiger partial charge in [-0.3, -0.25) is 4.79 Å². The number of hydrogen-bond acceptors (Lipinski definition) is 5. The van der Waals surface area contributed by atoms with Gasteiger partial charge in [0.1, 0.15) is 0 Å². The van der Waals surface area contributed by atoms with E-state index in [-0.39, 0.29) is 12.4 Å². The van der Waals surface area contributed by atoms with E-state index >= 15 is 0 Å². The second kappa shape index (κ2) is 6.17. The zero-order valence-electron chi connectivity index (χ0n) is 15.2. The molecule has 2 heterocycles. The van der Waals surface area contributed by atoms with Crippen LogP contribution in [0.2, 0.25) is 0 Å². The lowest BCUT2D eigenvalue weighted by molar-refractivity contribution is -0.146. The molecule has 4 aromatic rings. The fourth-order valence-electron chi connectivity index (χ4n) is 3.93. The third kappa shape index (κ3) is 2.23. The number of ketones is 1. The number of rotatable bonds is 3. The average molecular weight is 387 g/mol. The largest absolute Gasteiger partial charge is 0.464 e. The van der Waals surface area contributed by atoms with E-state index in [1.54, 1.807) is 19.1 Å². The van der Waals surface area contributed by atoms with Crippen molar-refractivity contribution >= 4 is 50.3 Å². The number of carbonyl (C=O) groups excluding carboxylic acids is 2. The van der Waals surface area contributed by atoms with Gasteiger partial charge in [-0.25, -0.2) is 4.79 Å². The van der Waals surface area contributed by atoms with Gasteiger partial charge in [-0.1, -0.05) is 36.4 Å². The van der Waals surface area contributed by atoms with Gasteiger partial charge in [0.25, 0.3) is 0 Å². The molecule has 1 N–H and O–H groups in total. The summed E-state index contributed by atoms with van der Waals surface area (Å²) < 4.78 is 5.32. The third-order valence-corrected chi connectivity index (χ3v) is 6.25. The number of fused-ring (bicyclic) bond motifs is 4. The Balaban J connectivity index is 1.77. The van der Waals surface area contributed by atoms with Crippen LogP contribution in [-0.4, -0.2) is 18.4 Å². The first kappa shape index (κ1) is 17.0. The first-order valence-electron chi connectivity index (χ1n) is 9.15. The van der Waals surface area contributed by atoms with Crippen LogP contribution >= 0.6 is 11.3 Å². The van der Waals surface area contributed by atoms with Crippen molar-refractivity contribution in [3.8, 4) is 0 Å². The lowest BCUT2D eigenvalue weighted by atomic mass is 9.91. The van der Waals surface area contributed by atoms with Gasteiger partial charge in [0.15, 0.2) is 0 Å². The van der Waals surface area contributed by atoms with Crippen molar-refractivity contribution in [3.63, 3.8) is 0 Å². The number of anilines is 1. The highest BCUT2D eigenvalue weighted by Crippen LogP contribution is 2.45. The summed E-state index contributed by atoms with van der Waals surface area (Å²) in [4.78, 5) is 27.1. The predicted octanol–water partition coefficient (Wildman–Crippen LogP) is 5.12. The Morgan fingerprint density at radius 3 is 2.54 bits per heavy atom. The van der Waals surface area contributed by atoms with Crippen molar-refractivity contribution in [2.75, 3.05) is 11.9 Å². The van der Waals surface area contributed by atoms with Gasteiger partial charge in [-0.2, -0.15) is 0 Å². The minimum Gasteiger partial charge on any atom is -0.464 e. The van der Waals surface area contributed by atoms with Crippen molar-refractivity contribution in [3.05, 3.63) is 76.5 Å². The number of Topliss-reactive ketones (excluding diaryl/α,β-unsaturated/α-hetero) is 1. The molecule has 1 aromatic heterocycles. The predicted molar refractivity (Wildman–Crippen MR) is 112 cm³/mol. The molecule has 0 radical (unpaired) electrons. The maximum absolute atomic E-state index is 13.5. The van der Waals surface area contributed by atoms with Crippen LogP contribution in [0.4, 0.5) is 5.69 Å². The van der Waals surface area contributed by atoms with Gasteiger partial charge in [-0.15, -0.1) is 11.3 Å². The summed E-state index contributed by atoms with van der Waals surface area (Å²) in [5.41, 5.74) is -0.314. The summed E-state index contributed by atoms with van der Waals surface area (Å²) in [5, 5.41) is 9.30. The van der Waals surface area contributed by atoms with Crippen LogP contribution in [-0.2, 0) is 15.1 Å². The number of thiophene rings is 1. The van der Waals surface area contributed by atoms with Gasteiger partial charge in [-0.05, 0) is 52.7 Å². The van der Waals surface area contributed by atoms with Crippen molar-refractivity contribution in [1.29, 1.82) is 0 Å². The number of hydrogen-bond donors (Lipinski definition) is 1. The van der Waals surface area contributed by atoms with E-state index in [0.29, 0.717) is 16.1 Å². The molecule has 0 unspecified atom stereocenters. The Kier molecular flexibility index (Phi) is 3.74. The van der Waals surface area contributed by atoms with E-state index in [9.17, 15) is 9.59 Å². The Morgan fingerprint density at radius 2 is 1.82 bits per heavy atom. The first-order valence-corrected chi connectivity index (χ1v) is 10.0. The van der Waals surface area contributed by atoms with E-state index in [0.717, 1.165) is 21.5 Å². The third-order valence-electron chi connectivity index (χ3n) is 5.26. The number of carbonyl (C=O) groups is 2. The zero-order valence-corrected chi connectivity index (χ0v) is 16.0. The first-order chi connectivity index (χ1) is 13.6. The van der Waals surface area contributed by atoms with Crippen molar-refractivity contribution in [1.82, 2.24) is 0 Å². The lowest BCUT2D eigenvalue weighted by Crippen LogP contribution is -2.47. The molecule has 0 bridgehead atoms. The number of benzene rings is 3. The van der Waals surface area contributed by atoms with Gasteiger partial charge in [0, 0.05) is 15.8 Å². The SMILES string of the molecule is CCOC(=O)[C@]1(c2cccs2)Nc2c(ccc3cc4ccccc4cc23)C1=O. The molecule has 5 heteroatoms. The number of ether oxygens (including phenoxy) is 1. The van der Waals surface area contributed by atoms with Crippen LogP contribution in [0.1, 0.15) is 22.2 Å². The van der Waals surface area contributed by atoms with E-state index in [1.807, 2.05) is 35.7 Å². The molecule has 0 saturated carbocycles. The Hall–Kier alpha value is -3.18. The van der Waals surface area contributed by atoms with Crippen LogP contribution in [0, 0.1) is 0 Å². The summed E-state index contributed by atoms with van der Waals surface area (Å²) in [6.07, 6.45) is 0. The second-order valence-corrected chi connectivity index (χ2v) is 7.76. The van der Waals surface area contributed by atoms with Gasteiger partial charge in [0.05, 0.1) is 12.3 Å². The summed E-state index contributed by atoms with van der Waals surface area (Å²) in [6.45, 7) is 1.96. The molecular weight excluding hydrogens is 370 g/mol. The maximum Gasteiger partial charge on any atom is 0.345 e. The fourth-order valence-corrected chi connectivity index (χ4v) is 4.80. The Labute approximate surface area is 165 Å². The van der Waals surface area contributed by atoms with E-state index in [1.165, 1.54) is 11.3 Å². The molecule has 1 atom stereocenters. The summed E-state index contributed by atoms with van der Waals surface area (Å²) in [5.74, 6) is -0.828. The van der Waals surface area contributed by atoms with Crippen LogP contribution in [0.15, 0.2) is 66.0 Å². The summed E-state index contributed by atoms with van der Waals surface area (Å²) in [7, 11) is 0. The van der Waals surface area contributed by atoms with E-state index < -0.39 is 11.5 Å². The maximum atomic E-state index is 13.5. The quantitative estimate of drug-likeness (QED) is 0.301. The number of esters is 1. The summed E-state index contributed by atoms with van der Waals surface area (Å²) in [6, 6.07) is 19.7. The molecule has 4 nitrogen and oxygen atoms in total. The molecule has 0 aliphatic carbocycles. The Bertz CT molecular complexity index is 1250. The van der Waals surface area contributed by atoms with Gasteiger partial charge in [0.2, 0.25) is 11.3 Å². The molecule has 0 saturated heterocycles. The molecule has 0 amide bonds. The molecule has 0 fully saturated rings. The molecule has 0 spiro atoms. The number of nitrogens with one attached hydrogen (secondary N) is 1. The average Bonchev–Trinajstić information content (AvgIpc) is 3.34. The fraction of sp³-hybridized carbons (Fsp3) is 0.130. The van der Waals surface area contributed by atoms with Crippen molar-refractivity contribution in [2.45, 2.75) is 12.5 Å². The highest BCUT2D eigenvalue weighted by molar-refractivity contribution is 7.10. The van der Waals surface area contributed by atoms with Crippen molar-refractivity contribution < 1.29 is 14.3 Å². The minimum atomic E-state index is -1.52. The molecule has 5 rings (SSSR count). The van der Waals surface area contributed by atoms with Crippen LogP contribution in [0.5, 0.6) is 0 Å². The minimum absolute atomic E-state index is 0.211. The molecule has 28 heavy (non-hydrogen) atoms. The molecule has 3 aromatic carbocycles. The molecular formula is C23H17NO3S.